The molecule has 0 aromatic heterocycles. The fourth-order valence-corrected chi connectivity index (χ4v) is 2.30. The number of hydrogen-bond donors (Lipinski definition) is 1. The maximum Gasteiger partial charge on any atom is 0.224 e. The standard InChI is InChI=1S/C12H22N2O/c1-8(13)7-12(15)14(11-5-6-11)9(2)10-3-4-10/h8-11H,3-7,13H2,1-2H3. The molecule has 0 saturated heterocycles. The Morgan fingerprint density at radius 2 is 1.93 bits per heavy atom. The van der Waals surface area contributed by atoms with Crippen molar-refractivity contribution in [3.8, 4) is 0 Å². The van der Waals surface area contributed by atoms with Crippen molar-refractivity contribution in [2.45, 2.75) is 64.1 Å². The van der Waals surface area contributed by atoms with Gasteiger partial charge in [-0.25, -0.2) is 0 Å². The summed E-state index contributed by atoms with van der Waals surface area (Å²) in [4.78, 5) is 14.2. The fourth-order valence-electron chi connectivity index (χ4n) is 2.30. The van der Waals surface area contributed by atoms with Crippen molar-refractivity contribution >= 4 is 5.91 Å². The highest BCUT2D eigenvalue weighted by Gasteiger charge is 2.41. The summed E-state index contributed by atoms with van der Waals surface area (Å²) in [5.74, 6) is 1.04. The van der Waals surface area contributed by atoms with Crippen LogP contribution in [0.5, 0.6) is 0 Å². The van der Waals surface area contributed by atoms with Gasteiger partial charge in [0.15, 0.2) is 0 Å². The number of carbonyl (C=O) groups is 1. The minimum Gasteiger partial charge on any atom is -0.337 e. The van der Waals surface area contributed by atoms with E-state index in [-0.39, 0.29) is 11.9 Å². The van der Waals surface area contributed by atoms with Crippen LogP contribution in [0, 0.1) is 5.92 Å². The van der Waals surface area contributed by atoms with E-state index in [1.807, 2.05) is 6.92 Å². The maximum atomic E-state index is 12.1. The van der Waals surface area contributed by atoms with Crippen LogP contribution in [0.15, 0.2) is 0 Å². The predicted molar refractivity (Wildman–Crippen MR) is 60.3 cm³/mol. The molecule has 2 rings (SSSR count). The Labute approximate surface area is 92.0 Å². The van der Waals surface area contributed by atoms with Crippen molar-refractivity contribution in [3.05, 3.63) is 0 Å². The molecule has 2 fully saturated rings. The molecule has 2 unspecified atom stereocenters. The zero-order valence-corrected chi connectivity index (χ0v) is 9.78. The molecule has 2 aliphatic rings. The van der Waals surface area contributed by atoms with Crippen molar-refractivity contribution in [1.82, 2.24) is 4.90 Å². The van der Waals surface area contributed by atoms with Gasteiger partial charge in [0.2, 0.25) is 5.91 Å². The molecule has 0 aromatic carbocycles. The van der Waals surface area contributed by atoms with Crippen molar-refractivity contribution in [2.24, 2.45) is 11.7 Å². The van der Waals surface area contributed by atoms with Gasteiger partial charge in [-0.05, 0) is 45.4 Å². The number of nitrogens with two attached hydrogens (primary N) is 1. The molecule has 2 N–H and O–H groups in total. The number of nitrogens with zero attached hydrogens (tertiary/aromatic N) is 1. The van der Waals surface area contributed by atoms with Crippen LogP contribution in [-0.4, -0.2) is 28.9 Å². The van der Waals surface area contributed by atoms with E-state index in [0.717, 1.165) is 5.92 Å². The molecule has 2 atom stereocenters. The quantitative estimate of drug-likeness (QED) is 0.747. The van der Waals surface area contributed by atoms with E-state index in [1.54, 1.807) is 0 Å². The zero-order valence-electron chi connectivity index (χ0n) is 9.78. The zero-order chi connectivity index (χ0) is 11.0. The van der Waals surface area contributed by atoms with Gasteiger partial charge < -0.3 is 10.6 Å². The molecule has 0 aromatic rings. The van der Waals surface area contributed by atoms with Crippen LogP contribution >= 0.6 is 0 Å². The maximum absolute atomic E-state index is 12.1. The lowest BCUT2D eigenvalue weighted by Crippen LogP contribution is -2.43. The van der Waals surface area contributed by atoms with Gasteiger partial charge >= 0.3 is 0 Å². The fraction of sp³-hybridized carbons (Fsp3) is 0.917. The van der Waals surface area contributed by atoms with Crippen LogP contribution in [0.4, 0.5) is 0 Å². The van der Waals surface area contributed by atoms with Crippen molar-refractivity contribution in [2.75, 3.05) is 0 Å². The van der Waals surface area contributed by atoms with Crippen LogP contribution in [0.25, 0.3) is 0 Å². The molecule has 0 bridgehead atoms. The molecule has 3 heteroatoms. The summed E-state index contributed by atoms with van der Waals surface area (Å²) in [6.07, 6.45) is 5.50. The molecule has 0 radical (unpaired) electrons. The Bertz CT molecular complexity index is 244. The Hall–Kier alpha value is -0.570. The largest absolute Gasteiger partial charge is 0.337 e. The summed E-state index contributed by atoms with van der Waals surface area (Å²) in [6, 6.07) is 0.973. The van der Waals surface area contributed by atoms with Gasteiger partial charge in [0.05, 0.1) is 0 Å². The second-order valence-electron chi connectivity index (χ2n) is 5.29. The van der Waals surface area contributed by atoms with E-state index in [9.17, 15) is 4.79 Å². The van der Waals surface area contributed by atoms with Crippen LogP contribution in [-0.2, 0) is 4.79 Å². The number of carbonyl (C=O) groups excluding carboxylic acids is 1. The summed E-state index contributed by atoms with van der Waals surface area (Å²) in [5, 5.41) is 0. The van der Waals surface area contributed by atoms with Crippen LogP contribution in [0.1, 0.15) is 46.0 Å². The number of amides is 1. The first-order valence-electron chi connectivity index (χ1n) is 6.16. The minimum atomic E-state index is -0.00912. The molecule has 86 valence electrons. The van der Waals surface area contributed by atoms with Crippen molar-refractivity contribution in [1.29, 1.82) is 0 Å². The van der Waals surface area contributed by atoms with E-state index in [4.69, 9.17) is 5.73 Å². The Morgan fingerprint density at radius 3 is 2.33 bits per heavy atom. The van der Waals surface area contributed by atoms with E-state index >= 15 is 0 Å². The monoisotopic (exact) mass is 210 g/mol. The topological polar surface area (TPSA) is 46.3 Å². The third-order valence-corrected chi connectivity index (χ3v) is 3.47. The molecular weight excluding hydrogens is 188 g/mol. The molecule has 0 spiro atoms. The average Bonchev–Trinajstić information content (AvgIpc) is 2.99. The van der Waals surface area contributed by atoms with Gasteiger partial charge in [0.1, 0.15) is 0 Å². The molecule has 0 heterocycles. The highest BCUT2D eigenvalue weighted by molar-refractivity contribution is 5.77. The Morgan fingerprint density at radius 1 is 1.33 bits per heavy atom. The van der Waals surface area contributed by atoms with Gasteiger partial charge in [0.25, 0.3) is 0 Å². The molecule has 1 amide bonds. The second kappa shape index (κ2) is 4.12. The lowest BCUT2D eigenvalue weighted by Gasteiger charge is -2.30. The van der Waals surface area contributed by atoms with Crippen molar-refractivity contribution < 1.29 is 4.79 Å². The normalized spacial score (nSPS) is 24.7. The Kier molecular flexibility index (Phi) is 3.01. The first-order chi connectivity index (χ1) is 7.09. The molecule has 0 aliphatic heterocycles. The summed E-state index contributed by atoms with van der Waals surface area (Å²) in [6.45, 7) is 4.11. The van der Waals surface area contributed by atoms with Gasteiger partial charge in [-0.1, -0.05) is 0 Å². The third-order valence-electron chi connectivity index (χ3n) is 3.47. The molecule has 2 aliphatic carbocycles. The van der Waals surface area contributed by atoms with Crippen LogP contribution in [0.2, 0.25) is 0 Å². The summed E-state index contributed by atoms with van der Waals surface area (Å²) in [7, 11) is 0. The molecular formula is C12H22N2O. The molecule has 3 nitrogen and oxygen atoms in total. The molecule has 15 heavy (non-hydrogen) atoms. The third kappa shape index (κ3) is 2.71. The van der Waals surface area contributed by atoms with Gasteiger partial charge in [-0.3, -0.25) is 4.79 Å². The van der Waals surface area contributed by atoms with Gasteiger partial charge in [-0.2, -0.15) is 0 Å². The van der Waals surface area contributed by atoms with E-state index in [1.165, 1.54) is 25.7 Å². The van der Waals surface area contributed by atoms with Gasteiger partial charge in [-0.15, -0.1) is 0 Å². The SMILES string of the molecule is CC(N)CC(=O)N(C1CC1)C(C)C1CC1. The Balaban J connectivity index is 1.95. The van der Waals surface area contributed by atoms with Gasteiger partial charge in [0, 0.05) is 24.5 Å². The lowest BCUT2D eigenvalue weighted by atomic mass is 10.1. The van der Waals surface area contributed by atoms with E-state index in [0.29, 0.717) is 18.5 Å². The number of hydrogen-bond acceptors (Lipinski definition) is 2. The van der Waals surface area contributed by atoms with Crippen LogP contribution < -0.4 is 5.73 Å². The van der Waals surface area contributed by atoms with Crippen molar-refractivity contribution in [3.63, 3.8) is 0 Å². The second-order valence-corrected chi connectivity index (χ2v) is 5.29. The van der Waals surface area contributed by atoms with E-state index < -0.39 is 0 Å². The summed E-state index contributed by atoms with van der Waals surface area (Å²) >= 11 is 0. The first-order valence-corrected chi connectivity index (χ1v) is 6.16. The predicted octanol–water partition coefficient (Wildman–Crippen LogP) is 1.51. The average molecular weight is 210 g/mol. The number of rotatable bonds is 5. The summed E-state index contributed by atoms with van der Waals surface area (Å²) in [5.41, 5.74) is 5.70. The molecule has 2 saturated carbocycles. The smallest absolute Gasteiger partial charge is 0.224 e. The highest BCUT2D eigenvalue weighted by Crippen LogP contribution is 2.39. The first kappa shape index (κ1) is 10.9. The van der Waals surface area contributed by atoms with E-state index in [2.05, 4.69) is 11.8 Å². The minimum absolute atomic E-state index is 0.00912. The summed E-state index contributed by atoms with van der Waals surface area (Å²) < 4.78 is 0. The lowest BCUT2D eigenvalue weighted by molar-refractivity contribution is -0.134. The van der Waals surface area contributed by atoms with Crippen LogP contribution in [0.3, 0.4) is 0 Å². The highest BCUT2D eigenvalue weighted by atomic mass is 16.2.